The number of fused-ring (bicyclic) bond motifs is 1. The average molecular weight is 340 g/mol. The summed E-state index contributed by atoms with van der Waals surface area (Å²) < 4.78 is 1.95. The molecule has 4 rings (SSSR count). The molecule has 0 bridgehead atoms. The van der Waals surface area contributed by atoms with Crippen LogP contribution in [0, 0.1) is 18.3 Å². The minimum atomic E-state index is 0.216. The Balaban J connectivity index is 1.77. The molecule has 0 amide bonds. The van der Waals surface area contributed by atoms with Crippen LogP contribution >= 0.6 is 0 Å². The minimum absolute atomic E-state index is 0.216. The molecule has 0 aliphatic heterocycles. The van der Waals surface area contributed by atoms with Gasteiger partial charge in [0.25, 0.3) is 0 Å². The molecule has 0 radical (unpaired) electrons. The van der Waals surface area contributed by atoms with E-state index in [9.17, 15) is 10.4 Å². The molecule has 0 unspecified atom stereocenters. The number of nitrogens with one attached hydrogen (secondary N) is 1. The molecule has 2 aromatic heterocycles. The topological polar surface area (TPSA) is 77.6 Å². The van der Waals surface area contributed by atoms with E-state index in [4.69, 9.17) is 0 Å². The van der Waals surface area contributed by atoms with Crippen molar-refractivity contribution in [3.05, 3.63) is 77.9 Å². The van der Waals surface area contributed by atoms with E-state index in [-0.39, 0.29) is 5.75 Å². The molecule has 0 fully saturated rings. The van der Waals surface area contributed by atoms with Crippen LogP contribution in [0.2, 0.25) is 0 Å². The number of phenolic OH excluding ortho intramolecular Hbond substituents is 1. The van der Waals surface area contributed by atoms with Gasteiger partial charge in [-0.2, -0.15) is 5.26 Å². The first-order chi connectivity index (χ1) is 12.6. The van der Waals surface area contributed by atoms with Gasteiger partial charge < -0.3 is 14.7 Å². The number of rotatable bonds is 3. The first-order valence-electron chi connectivity index (χ1n) is 8.19. The monoisotopic (exact) mass is 340 g/mol. The Labute approximate surface area is 150 Å². The summed E-state index contributed by atoms with van der Waals surface area (Å²) in [6.45, 7) is 2.02. The number of allylic oxidation sites excluding steroid dienone is 1. The van der Waals surface area contributed by atoms with E-state index in [0.717, 1.165) is 28.0 Å². The first-order valence-corrected chi connectivity index (χ1v) is 8.19. The molecule has 5 nitrogen and oxygen atoms in total. The van der Waals surface area contributed by atoms with Gasteiger partial charge in [-0.1, -0.05) is 6.07 Å². The Morgan fingerprint density at radius 1 is 1.19 bits per heavy atom. The number of hydrogen-bond acceptors (Lipinski definition) is 3. The van der Waals surface area contributed by atoms with Crippen LogP contribution < -0.4 is 0 Å². The highest BCUT2D eigenvalue weighted by atomic mass is 16.3. The highest BCUT2D eigenvalue weighted by molar-refractivity contribution is 5.90. The Bertz CT molecular complexity index is 1160. The van der Waals surface area contributed by atoms with Crippen molar-refractivity contribution < 1.29 is 5.11 Å². The third-order valence-corrected chi connectivity index (χ3v) is 4.21. The third-order valence-electron chi connectivity index (χ3n) is 4.21. The summed E-state index contributed by atoms with van der Waals surface area (Å²) >= 11 is 0. The molecule has 2 aromatic carbocycles. The molecule has 26 heavy (non-hydrogen) atoms. The van der Waals surface area contributed by atoms with Gasteiger partial charge in [-0.25, -0.2) is 4.98 Å². The van der Waals surface area contributed by atoms with Crippen molar-refractivity contribution >= 4 is 22.7 Å². The van der Waals surface area contributed by atoms with Gasteiger partial charge in [0.1, 0.15) is 17.6 Å². The molecule has 2 heterocycles. The Morgan fingerprint density at radius 2 is 2.00 bits per heavy atom. The molecular weight excluding hydrogens is 324 g/mol. The molecule has 0 aliphatic carbocycles. The lowest BCUT2D eigenvalue weighted by molar-refractivity contribution is 0.475. The maximum atomic E-state index is 9.64. The number of H-pyrrole nitrogens is 1. The highest BCUT2D eigenvalue weighted by Crippen LogP contribution is 2.22. The molecule has 0 atom stereocenters. The summed E-state index contributed by atoms with van der Waals surface area (Å²) in [5, 5.41) is 19.1. The fourth-order valence-corrected chi connectivity index (χ4v) is 2.91. The van der Waals surface area contributed by atoms with E-state index in [2.05, 4.69) is 16.0 Å². The quantitative estimate of drug-likeness (QED) is 0.542. The fourth-order valence-electron chi connectivity index (χ4n) is 2.91. The second kappa shape index (κ2) is 6.26. The molecule has 5 heteroatoms. The van der Waals surface area contributed by atoms with Crippen LogP contribution in [0.25, 0.3) is 28.4 Å². The minimum Gasteiger partial charge on any atom is -0.508 e. The SMILES string of the molecule is Cc1ccc2nc(C(C#N)=Cc3cccn3-c3ccc(O)cc3)[nH]c2c1. The second-order valence-electron chi connectivity index (χ2n) is 6.10. The van der Waals surface area contributed by atoms with Gasteiger partial charge in [-0.15, -0.1) is 0 Å². The third kappa shape index (κ3) is 2.85. The highest BCUT2D eigenvalue weighted by Gasteiger charge is 2.10. The molecule has 0 saturated carbocycles. The van der Waals surface area contributed by atoms with Gasteiger partial charge in [-0.3, -0.25) is 0 Å². The number of aryl methyl sites for hydroxylation is 1. The molecular formula is C21H16N4O. The molecule has 4 aromatic rings. The maximum Gasteiger partial charge on any atom is 0.149 e. The zero-order chi connectivity index (χ0) is 18.1. The summed E-state index contributed by atoms with van der Waals surface area (Å²) in [5.41, 5.74) is 5.09. The van der Waals surface area contributed by atoms with Crippen molar-refractivity contribution in [3.8, 4) is 17.5 Å². The van der Waals surface area contributed by atoms with Crippen LogP contribution in [0.5, 0.6) is 5.75 Å². The van der Waals surface area contributed by atoms with Crippen molar-refractivity contribution in [2.75, 3.05) is 0 Å². The van der Waals surface area contributed by atoms with E-state index in [0.29, 0.717) is 11.4 Å². The summed E-state index contributed by atoms with van der Waals surface area (Å²) in [6, 6.07) is 18.9. The van der Waals surface area contributed by atoms with Gasteiger partial charge in [0.2, 0.25) is 0 Å². The zero-order valence-corrected chi connectivity index (χ0v) is 14.1. The fraction of sp³-hybridized carbons (Fsp3) is 0.0476. The van der Waals surface area contributed by atoms with Crippen LogP contribution in [0.15, 0.2) is 60.8 Å². The second-order valence-corrected chi connectivity index (χ2v) is 6.10. The van der Waals surface area contributed by atoms with E-state index in [1.165, 1.54) is 0 Å². The van der Waals surface area contributed by atoms with Crippen molar-refractivity contribution in [3.63, 3.8) is 0 Å². The molecule has 0 aliphatic rings. The van der Waals surface area contributed by atoms with Gasteiger partial charge in [0.15, 0.2) is 0 Å². The van der Waals surface area contributed by atoms with Crippen LogP contribution in [0.1, 0.15) is 17.1 Å². The predicted octanol–water partition coefficient (Wildman–Crippen LogP) is 4.43. The van der Waals surface area contributed by atoms with Crippen LogP contribution in [-0.4, -0.2) is 19.6 Å². The van der Waals surface area contributed by atoms with E-state index in [1.54, 1.807) is 18.2 Å². The molecule has 2 N–H and O–H groups in total. The number of nitriles is 1. The van der Waals surface area contributed by atoms with Crippen molar-refractivity contribution in [2.24, 2.45) is 0 Å². The van der Waals surface area contributed by atoms with Crippen molar-refractivity contribution in [1.29, 1.82) is 5.26 Å². The van der Waals surface area contributed by atoms with Gasteiger partial charge in [0, 0.05) is 17.6 Å². The number of imidazole rings is 1. The van der Waals surface area contributed by atoms with E-state index >= 15 is 0 Å². The lowest BCUT2D eigenvalue weighted by atomic mass is 10.2. The number of aromatic amines is 1. The van der Waals surface area contributed by atoms with Crippen molar-refractivity contribution in [2.45, 2.75) is 6.92 Å². The molecule has 0 spiro atoms. The normalized spacial score (nSPS) is 11.6. The number of aromatic hydroxyl groups is 1. The largest absolute Gasteiger partial charge is 0.508 e. The summed E-state index contributed by atoms with van der Waals surface area (Å²) in [6.07, 6.45) is 3.71. The first kappa shape index (κ1) is 15.7. The maximum absolute atomic E-state index is 9.64. The standard InChI is InChI=1S/C21H16N4O/c1-14-4-9-19-20(11-14)24-21(23-19)15(13-22)12-17-3-2-10-25(17)16-5-7-18(26)8-6-16/h2-12,26H,1H3,(H,23,24). The summed E-state index contributed by atoms with van der Waals surface area (Å²) in [4.78, 5) is 7.75. The number of benzene rings is 2. The Kier molecular flexibility index (Phi) is 3.79. The smallest absolute Gasteiger partial charge is 0.149 e. The number of nitrogens with zero attached hydrogens (tertiary/aromatic N) is 3. The van der Waals surface area contributed by atoms with Crippen molar-refractivity contribution in [1.82, 2.24) is 14.5 Å². The molecule has 0 saturated heterocycles. The lowest BCUT2D eigenvalue weighted by Crippen LogP contribution is -1.95. The van der Waals surface area contributed by atoms with Gasteiger partial charge in [-0.05, 0) is 67.1 Å². The summed E-state index contributed by atoms with van der Waals surface area (Å²) in [5.74, 6) is 0.764. The molecule has 126 valence electrons. The number of hydrogen-bond donors (Lipinski definition) is 2. The number of aromatic nitrogens is 3. The zero-order valence-electron chi connectivity index (χ0n) is 14.1. The lowest BCUT2D eigenvalue weighted by Gasteiger charge is -2.07. The average Bonchev–Trinajstić information content (AvgIpc) is 3.26. The van der Waals surface area contributed by atoms with Gasteiger partial charge in [0.05, 0.1) is 16.6 Å². The number of phenols is 1. The van der Waals surface area contributed by atoms with E-state index < -0.39 is 0 Å². The van der Waals surface area contributed by atoms with Gasteiger partial charge >= 0.3 is 0 Å². The van der Waals surface area contributed by atoms with Crippen LogP contribution in [-0.2, 0) is 0 Å². The van der Waals surface area contributed by atoms with Crippen LogP contribution in [0.3, 0.4) is 0 Å². The predicted molar refractivity (Wildman–Crippen MR) is 102 cm³/mol. The van der Waals surface area contributed by atoms with Crippen LogP contribution in [0.4, 0.5) is 0 Å². The Morgan fingerprint density at radius 3 is 2.77 bits per heavy atom. The Hall–Kier alpha value is -3.78. The van der Waals surface area contributed by atoms with E-state index in [1.807, 2.05) is 60.2 Å². The summed E-state index contributed by atoms with van der Waals surface area (Å²) in [7, 11) is 0.